The minimum absolute atomic E-state index is 0.189. The Morgan fingerprint density at radius 2 is 1.75 bits per heavy atom. The first-order chi connectivity index (χ1) is 9.41. The molecule has 0 fully saturated rings. The average Bonchev–Trinajstić information content (AvgIpc) is 2.46. The van der Waals surface area contributed by atoms with Crippen molar-refractivity contribution in [1.29, 1.82) is 0 Å². The van der Waals surface area contributed by atoms with E-state index in [4.69, 9.17) is 4.74 Å². The second-order valence-corrected chi connectivity index (χ2v) is 7.83. The van der Waals surface area contributed by atoms with Gasteiger partial charge < -0.3 is 10.1 Å². The highest BCUT2D eigenvalue weighted by Gasteiger charge is 2.35. The van der Waals surface area contributed by atoms with Gasteiger partial charge in [-0.05, 0) is 38.6 Å². The monoisotopic (exact) mass is 307 g/mol. The minimum Gasteiger partial charge on any atom is -0.377 e. The van der Waals surface area contributed by atoms with E-state index < -0.39 is 9.84 Å². The van der Waals surface area contributed by atoms with Gasteiger partial charge in [0.25, 0.3) is 0 Å². The molecule has 0 amide bonds. The van der Waals surface area contributed by atoms with Crippen LogP contribution in [0.15, 0.2) is 0 Å². The lowest BCUT2D eigenvalue weighted by Gasteiger charge is -2.39. The molecule has 1 N–H and O–H groups in total. The van der Waals surface area contributed by atoms with E-state index in [2.05, 4.69) is 26.1 Å². The number of hydrogen-bond acceptors (Lipinski definition) is 4. The van der Waals surface area contributed by atoms with Crippen molar-refractivity contribution in [2.45, 2.75) is 71.4 Å². The minimum atomic E-state index is -2.87. The van der Waals surface area contributed by atoms with E-state index in [0.29, 0.717) is 6.42 Å². The third-order valence-corrected chi connectivity index (χ3v) is 6.06. The van der Waals surface area contributed by atoms with Crippen molar-refractivity contribution in [3.63, 3.8) is 0 Å². The lowest BCUT2D eigenvalue weighted by Crippen LogP contribution is -2.51. The fourth-order valence-electron chi connectivity index (χ4n) is 2.70. The molecule has 0 aliphatic carbocycles. The van der Waals surface area contributed by atoms with Crippen LogP contribution < -0.4 is 5.32 Å². The number of ether oxygens (including phenoxy) is 1. The van der Waals surface area contributed by atoms with Gasteiger partial charge in [0.2, 0.25) is 0 Å². The maximum Gasteiger partial charge on any atom is 0.150 e. The summed E-state index contributed by atoms with van der Waals surface area (Å²) >= 11 is 0. The van der Waals surface area contributed by atoms with Crippen LogP contribution in [0.4, 0.5) is 0 Å². The SMILES string of the molecule is CCCNC(CCCS(=O)(=O)CC)C(CC)(CC)OC. The third kappa shape index (κ3) is 6.10. The first-order valence-corrected chi connectivity index (χ1v) is 9.72. The van der Waals surface area contributed by atoms with Gasteiger partial charge >= 0.3 is 0 Å². The molecule has 0 spiro atoms. The molecule has 0 radical (unpaired) electrons. The van der Waals surface area contributed by atoms with Gasteiger partial charge in [0, 0.05) is 18.9 Å². The molecule has 0 aromatic heterocycles. The fourth-order valence-corrected chi connectivity index (χ4v) is 3.59. The summed E-state index contributed by atoms with van der Waals surface area (Å²) < 4.78 is 29.0. The van der Waals surface area contributed by atoms with Crippen molar-refractivity contribution in [2.24, 2.45) is 0 Å². The van der Waals surface area contributed by atoms with Gasteiger partial charge in [-0.3, -0.25) is 0 Å². The van der Waals surface area contributed by atoms with Crippen molar-refractivity contribution in [2.75, 3.05) is 25.2 Å². The molecule has 122 valence electrons. The van der Waals surface area contributed by atoms with Crippen molar-refractivity contribution in [3.05, 3.63) is 0 Å². The number of rotatable bonds is 12. The maximum atomic E-state index is 11.6. The zero-order chi connectivity index (χ0) is 15.6. The van der Waals surface area contributed by atoms with E-state index in [1.807, 2.05) is 0 Å². The van der Waals surface area contributed by atoms with Crippen molar-refractivity contribution >= 4 is 9.84 Å². The van der Waals surface area contributed by atoms with Gasteiger partial charge in [-0.25, -0.2) is 8.42 Å². The first-order valence-electron chi connectivity index (χ1n) is 7.90. The van der Waals surface area contributed by atoms with Gasteiger partial charge in [-0.1, -0.05) is 27.7 Å². The van der Waals surface area contributed by atoms with Crippen LogP contribution in [0.3, 0.4) is 0 Å². The Bertz CT molecular complexity index is 329. The molecule has 0 aliphatic heterocycles. The van der Waals surface area contributed by atoms with E-state index in [-0.39, 0.29) is 23.1 Å². The van der Waals surface area contributed by atoms with E-state index in [9.17, 15) is 8.42 Å². The number of methoxy groups -OCH3 is 1. The summed E-state index contributed by atoms with van der Waals surface area (Å²) in [6.07, 6.45) is 4.47. The van der Waals surface area contributed by atoms with Crippen molar-refractivity contribution in [1.82, 2.24) is 5.32 Å². The van der Waals surface area contributed by atoms with Crippen LogP contribution in [0.25, 0.3) is 0 Å². The summed E-state index contributed by atoms with van der Waals surface area (Å²) in [5.41, 5.74) is -0.189. The molecule has 20 heavy (non-hydrogen) atoms. The van der Waals surface area contributed by atoms with Crippen LogP contribution >= 0.6 is 0 Å². The quantitative estimate of drug-likeness (QED) is 0.602. The largest absolute Gasteiger partial charge is 0.377 e. The molecule has 0 saturated heterocycles. The normalized spacial score (nSPS) is 14.4. The predicted octanol–water partition coefficient (Wildman–Crippen LogP) is 2.77. The van der Waals surface area contributed by atoms with Crippen LogP contribution in [0.2, 0.25) is 0 Å². The van der Waals surface area contributed by atoms with Gasteiger partial charge in [0.1, 0.15) is 9.84 Å². The lowest BCUT2D eigenvalue weighted by molar-refractivity contribution is -0.0494. The number of nitrogens with one attached hydrogen (secondary N) is 1. The van der Waals surface area contributed by atoms with Gasteiger partial charge in [-0.2, -0.15) is 0 Å². The Morgan fingerprint density at radius 3 is 2.15 bits per heavy atom. The first kappa shape index (κ1) is 19.9. The number of sulfone groups is 1. The van der Waals surface area contributed by atoms with Crippen LogP contribution in [0.1, 0.15) is 59.8 Å². The number of hydrogen-bond donors (Lipinski definition) is 1. The molecule has 0 bridgehead atoms. The zero-order valence-corrected chi connectivity index (χ0v) is 14.7. The van der Waals surface area contributed by atoms with Crippen LogP contribution in [-0.2, 0) is 14.6 Å². The zero-order valence-electron chi connectivity index (χ0n) is 13.9. The molecule has 4 nitrogen and oxygen atoms in total. The molecule has 1 atom stereocenters. The second kappa shape index (κ2) is 9.74. The van der Waals surface area contributed by atoms with E-state index >= 15 is 0 Å². The summed E-state index contributed by atoms with van der Waals surface area (Å²) in [5, 5.41) is 3.55. The van der Waals surface area contributed by atoms with Gasteiger partial charge in [0.05, 0.1) is 11.4 Å². The Kier molecular flexibility index (Phi) is 9.68. The van der Waals surface area contributed by atoms with Crippen LogP contribution in [0.5, 0.6) is 0 Å². The Labute approximate surface area is 125 Å². The summed E-state index contributed by atoms with van der Waals surface area (Å²) in [6.45, 7) is 9.06. The van der Waals surface area contributed by atoms with Crippen LogP contribution in [-0.4, -0.2) is 45.2 Å². The van der Waals surface area contributed by atoms with Crippen LogP contribution in [0, 0.1) is 0 Å². The molecule has 5 heteroatoms. The molecule has 0 aliphatic rings. The van der Waals surface area contributed by atoms with E-state index in [1.165, 1.54) is 0 Å². The summed E-state index contributed by atoms with van der Waals surface area (Å²) in [6, 6.07) is 0.217. The maximum absolute atomic E-state index is 11.6. The van der Waals surface area contributed by atoms with Gasteiger partial charge in [0.15, 0.2) is 0 Å². The van der Waals surface area contributed by atoms with E-state index in [1.54, 1.807) is 14.0 Å². The summed E-state index contributed by atoms with van der Waals surface area (Å²) in [5.74, 6) is 0.512. The molecule has 0 aromatic carbocycles. The standard InChI is InChI=1S/C15H33NO3S/c1-6-12-16-14(15(7-2,8-3)19-5)11-10-13-20(17,18)9-4/h14,16H,6-13H2,1-5H3. The molecule has 0 saturated carbocycles. The molecule has 0 rings (SSSR count). The molecule has 0 heterocycles. The summed E-state index contributed by atoms with van der Waals surface area (Å²) in [4.78, 5) is 0. The Balaban J connectivity index is 4.71. The third-order valence-electron chi connectivity index (χ3n) is 4.27. The Hall–Kier alpha value is -0.130. The van der Waals surface area contributed by atoms with Crippen molar-refractivity contribution < 1.29 is 13.2 Å². The highest BCUT2D eigenvalue weighted by Crippen LogP contribution is 2.27. The van der Waals surface area contributed by atoms with E-state index in [0.717, 1.165) is 32.2 Å². The predicted molar refractivity (Wildman–Crippen MR) is 86.0 cm³/mol. The fraction of sp³-hybridized carbons (Fsp3) is 1.00. The lowest BCUT2D eigenvalue weighted by atomic mass is 9.85. The molecular formula is C15H33NO3S. The smallest absolute Gasteiger partial charge is 0.150 e. The molecule has 0 aromatic rings. The highest BCUT2D eigenvalue weighted by atomic mass is 32.2. The average molecular weight is 308 g/mol. The molecule has 1 unspecified atom stereocenters. The molecular weight excluding hydrogens is 274 g/mol. The van der Waals surface area contributed by atoms with Gasteiger partial charge in [-0.15, -0.1) is 0 Å². The second-order valence-electron chi connectivity index (χ2n) is 5.36. The highest BCUT2D eigenvalue weighted by molar-refractivity contribution is 7.91. The Morgan fingerprint density at radius 1 is 1.15 bits per heavy atom. The van der Waals surface area contributed by atoms with Crippen molar-refractivity contribution in [3.8, 4) is 0 Å². The summed E-state index contributed by atoms with van der Waals surface area (Å²) in [7, 11) is -1.11. The topological polar surface area (TPSA) is 55.4 Å².